The predicted molar refractivity (Wildman–Crippen MR) is 127 cm³/mol. The Morgan fingerprint density at radius 1 is 1.14 bits per heavy atom. The summed E-state index contributed by atoms with van der Waals surface area (Å²) in [5.74, 6) is -1.53. The van der Waals surface area contributed by atoms with Crippen molar-refractivity contribution in [1.82, 2.24) is 4.57 Å². The molecular weight excluding hydrogens is 506 g/mol. The maximum atomic E-state index is 13.9. The number of aromatic nitrogens is 1. The summed E-state index contributed by atoms with van der Waals surface area (Å²) in [7, 11) is -3.69. The Morgan fingerprint density at radius 3 is 2.49 bits per heavy atom. The summed E-state index contributed by atoms with van der Waals surface area (Å²) in [6, 6.07) is 8.03. The molecule has 0 atom stereocenters. The quantitative estimate of drug-likeness (QED) is 0.550. The fraction of sp³-hybridized carbons (Fsp3) is 0.182. The van der Waals surface area contributed by atoms with Crippen molar-refractivity contribution < 1.29 is 26.7 Å². The average molecular weight is 525 g/mol. The molecule has 3 aromatic rings. The fourth-order valence-electron chi connectivity index (χ4n) is 3.73. The normalized spacial score (nSPS) is 13.2. The molecule has 2 aromatic carbocycles. The summed E-state index contributed by atoms with van der Waals surface area (Å²) in [5.41, 5.74) is 5.95. The minimum atomic E-state index is -3.69. The van der Waals surface area contributed by atoms with E-state index in [4.69, 9.17) is 22.1 Å². The number of anilines is 2. The monoisotopic (exact) mass is 524 g/mol. The number of urea groups is 1. The first kappa shape index (κ1) is 24.5. The number of nitrogens with two attached hydrogens (primary N) is 1. The Hall–Kier alpha value is -3.64. The van der Waals surface area contributed by atoms with Gasteiger partial charge in [0, 0.05) is 23.4 Å². The third-order valence-electron chi connectivity index (χ3n) is 5.41. The van der Waals surface area contributed by atoms with Gasteiger partial charge in [0.05, 0.1) is 23.3 Å². The molecule has 184 valence electrons. The van der Waals surface area contributed by atoms with E-state index in [1.54, 1.807) is 6.92 Å². The fourth-order valence-corrected chi connectivity index (χ4v) is 4.76. The lowest BCUT2D eigenvalue weighted by molar-refractivity contribution is 0.254. The molecule has 0 aliphatic carbocycles. The van der Waals surface area contributed by atoms with Gasteiger partial charge in [0.2, 0.25) is 10.0 Å². The molecule has 2 heterocycles. The van der Waals surface area contributed by atoms with Gasteiger partial charge in [-0.1, -0.05) is 11.6 Å². The molecule has 0 bridgehead atoms. The number of pyridine rings is 1. The van der Waals surface area contributed by atoms with Crippen LogP contribution in [0.4, 0.5) is 25.0 Å². The summed E-state index contributed by atoms with van der Waals surface area (Å²) >= 11 is 6.25. The number of fused-ring (bicyclic) bond motifs is 1. The molecule has 35 heavy (non-hydrogen) atoms. The molecule has 1 aliphatic heterocycles. The number of rotatable bonds is 5. The number of carbonyl (C=O) groups excluding carboxylic acids is 1. The van der Waals surface area contributed by atoms with Crippen LogP contribution in [0.15, 0.2) is 47.3 Å². The molecular formula is C22H19ClF2N4O5S. The number of hydrogen-bond acceptors (Lipinski definition) is 5. The molecule has 2 amide bonds. The number of hydrogen-bond donors (Lipinski definition) is 1. The van der Waals surface area contributed by atoms with Crippen LogP contribution >= 0.6 is 11.6 Å². The molecule has 0 radical (unpaired) electrons. The van der Waals surface area contributed by atoms with Gasteiger partial charge in [-0.3, -0.25) is 14.3 Å². The second-order valence-corrected chi connectivity index (χ2v) is 10.1. The van der Waals surface area contributed by atoms with E-state index in [0.29, 0.717) is 11.4 Å². The van der Waals surface area contributed by atoms with Gasteiger partial charge in [-0.2, -0.15) is 0 Å². The highest BCUT2D eigenvalue weighted by molar-refractivity contribution is 7.92. The standard InChI is InChI=1S/C22H19ClF2N4O5S/c1-12-7-19(34-10-13-3-4-14(24)8-16(13)25)20(23)21(30)29(12)15-5-6-17-18(9-15)27(22(26)31)11-28(17)35(2,32)33/h3-9H,10-11H2,1-2H3,(H2,26,31). The maximum absolute atomic E-state index is 13.9. The van der Waals surface area contributed by atoms with Gasteiger partial charge in [-0.25, -0.2) is 26.3 Å². The Labute approximate surface area is 203 Å². The van der Waals surface area contributed by atoms with E-state index in [-0.39, 0.29) is 41.0 Å². The van der Waals surface area contributed by atoms with Gasteiger partial charge in [0.25, 0.3) is 5.56 Å². The van der Waals surface area contributed by atoms with Gasteiger partial charge in [-0.05, 0) is 37.3 Å². The molecule has 9 nitrogen and oxygen atoms in total. The summed E-state index contributed by atoms with van der Waals surface area (Å²) in [6.45, 7) is 1.02. The Bertz CT molecular complexity index is 1530. The van der Waals surface area contributed by atoms with Crippen LogP contribution in [0, 0.1) is 18.6 Å². The van der Waals surface area contributed by atoms with Crippen molar-refractivity contribution in [3.63, 3.8) is 0 Å². The van der Waals surface area contributed by atoms with Crippen LogP contribution in [0.1, 0.15) is 11.3 Å². The Kier molecular flexibility index (Phi) is 6.20. The number of aryl methyl sites for hydroxylation is 1. The van der Waals surface area contributed by atoms with E-state index in [0.717, 1.165) is 27.6 Å². The van der Waals surface area contributed by atoms with Crippen LogP contribution in [0.25, 0.3) is 5.69 Å². The molecule has 4 rings (SSSR count). The number of nitrogens with zero attached hydrogens (tertiary/aromatic N) is 3. The van der Waals surface area contributed by atoms with Crippen molar-refractivity contribution in [2.24, 2.45) is 5.73 Å². The number of ether oxygens (including phenoxy) is 1. The second-order valence-electron chi connectivity index (χ2n) is 7.82. The van der Waals surface area contributed by atoms with Gasteiger partial charge in [0.1, 0.15) is 35.7 Å². The van der Waals surface area contributed by atoms with E-state index < -0.39 is 33.2 Å². The van der Waals surface area contributed by atoms with Crippen LogP contribution in [-0.4, -0.2) is 31.9 Å². The predicted octanol–water partition coefficient (Wildman–Crippen LogP) is 3.28. The van der Waals surface area contributed by atoms with E-state index >= 15 is 0 Å². The summed E-state index contributed by atoms with van der Waals surface area (Å²) in [6.07, 6.45) is 1.00. The van der Waals surface area contributed by atoms with Crippen LogP contribution < -0.4 is 25.2 Å². The number of benzene rings is 2. The van der Waals surface area contributed by atoms with Crippen molar-refractivity contribution >= 4 is 39.0 Å². The minimum Gasteiger partial charge on any atom is -0.487 e. The third kappa shape index (κ3) is 4.54. The highest BCUT2D eigenvalue weighted by Gasteiger charge is 2.34. The third-order valence-corrected chi connectivity index (χ3v) is 6.87. The number of carbonyl (C=O) groups is 1. The molecule has 0 fully saturated rings. The van der Waals surface area contributed by atoms with E-state index in [1.807, 2.05) is 0 Å². The Balaban J connectivity index is 1.72. The highest BCUT2D eigenvalue weighted by atomic mass is 35.5. The lowest BCUT2D eigenvalue weighted by atomic mass is 10.2. The number of halogens is 3. The first-order valence-electron chi connectivity index (χ1n) is 10.1. The molecule has 0 spiro atoms. The smallest absolute Gasteiger partial charge is 0.320 e. The van der Waals surface area contributed by atoms with Crippen molar-refractivity contribution in [2.45, 2.75) is 13.5 Å². The first-order valence-corrected chi connectivity index (χ1v) is 12.3. The molecule has 2 N–H and O–H groups in total. The maximum Gasteiger partial charge on any atom is 0.320 e. The van der Waals surface area contributed by atoms with E-state index in [1.165, 1.54) is 34.9 Å². The molecule has 0 saturated carbocycles. The minimum absolute atomic E-state index is 0.00249. The zero-order valence-corrected chi connectivity index (χ0v) is 20.0. The second kappa shape index (κ2) is 8.86. The van der Waals surface area contributed by atoms with Crippen LogP contribution in [0.5, 0.6) is 5.75 Å². The molecule has 0 saturated heterocycles. The van der Waals surface area contributed by atoms with Crippen molar-refractivity contribution in [1.29, 1.82) is 0 Å². The van der Waals surface area contributed by atoms with Gasteiger partial charge in [-0.15, -0.1) is 0 Å². The number of amides is 2. The first-order chi connectivity index (χ1) is 16.4. The van der Waals surface area contributed by atoms with E-state index in [9.17, 15) is 26.8 Å². The largest absolute Gasteiger partial charge is 0.487 e. The lowest BCUT2D eigenvalue weighted by Gasteiger charge is -2.17. The SMILES string of the molecule is Cc1cc(OCc2ccc(F)cc2F)c(Cl)c(=O)n1-c1ccc2c(c1)N(C(N)=O)CN2S(C)(=O)=O. The molecule has 13 heteroatoms. The zero-order chi connectivity index (χ0) is 25.7. The summed E-state index contributed by atoms with van der Waals surface area (Å²) in [5, 5.41) is -0.289. The van der Waals surface area contributed by atoms with Crippen molar-refractivity contribution in [3.8, 4) is 11.4 Å². The van der Waals surface area contributed by atoms with Gasteiger partial charge >= 0.3 is 6.03 Å². The van der Waals surface area contributed by atoms with Gasteiger partial charge in [0.15, 0.2) is 0 Å². The van der Waals surface area contributed by atoms with E-state index in [2.05, 4.69) is 0 Å². The Morgan fingerprint density at radius 2 is 1.86 bits per heavy atom. The van der Waals surface area contributed by atoms with Crippen LogP contribution in [0.2, 0.25) is 5.02 Å². The van der Waals surface area contributed by atoms with Crippen LogP contribution in [0.3, 0.4) is 0 Å². The zero-order valence-electron chi connectivity index (χ0n) is 18.5. The molecule has 1 aromatic heterocycles. The highest BCUT2D eigenvalue weighted by Crippen LogP contribution is 2.39. The van der Waals surface area contributed by atoms with Gasteiger partial charge < -0.3 is 10.5 Å². The lowest BCUT2D eigenvalue weighted by Crippen LogP contribution is -2.40. The van der Waals surface area contributed by atoms with Crippen LogP contribution in [-0.2, 0) is 16.6 Å². The van der Waals surface area contributed by atoms with Crippen molar-refractivity contribution in [2.75, 3.05) is 22.1 Å². The molecule has 1 aliphatic rings. The topological polar surface area (TPSA) is 115 Å². The summed E-state index contributed by atoms with van der Waals surface area (Å²) < 4.78 is 59.1. The summed E-state index contributed by atoms with van der Waals surface area (Å²) in [4.78, 5) is 26.1. The average Bonchev–Trinajstić information content (AvgIpc) is 3.16. The van der Waals surface area contributed by atoms with Crippen molar-refractivity contribution in [3.05, 3.63) is 80.7 Å². The number of primary amides is 1. The number of sulfonamides is 1. The molecule has 0 unspecified atom stereocenters.